The maximum Gasteiger partial charge on any atom is 0.222 e. The summed E-state index contributed by atoms with van der Waals surface area (Å²) in [4.78, 5) is 14.0. The van der Waals surface area contributed by atoms with Gasteiger partial charge in [0.25, 0.3) is 0 Å². The summed E-state index contributed by atoms with van der Waals surface area (Å²) < 4.78 is 0. The highest BCUT2D eigenvalue weighted by Crippen LogP contribution is 2.25. The summed E-state index contributed by atoms with van der Waals surface area (Å²) in [5.41, 5.74) is 1.27. The first kappa shape index (κ1) is 14.1. The second kappa shape index (κ2) is 6.27. The van der Waals surface area contributed by atoms with Gasteiger partial charge in [-0.3, -0.25) is 4.79 Å². The Bertz CT molecular complexity index is 633. The van der Waals surface area contributed by atoms with Gasteiger partial charge in [0.2, 0.25) is 5.91 Å². The first-order valence-electron chi connectivity index (χ1n) is 7.72. The van der Waals surface area contributed by atoms with E-state index in [1.165, 1.54) is 16.3 Å². The second-order valence-electron chi connectivity index (χ2n) is 5.71. The van der Waals surface area contributed by atoms with Gasteiger partial charge in [0, 0.05) is 19.5 Å². The van der Waals surface area contributed by atoms with Gasteiger partial charge in [-0.25, -0.2) is 0 Å². The number of fused-ring (bicyclic) bond motifs is 1. The van der Waals surface area contributed by atoms with Gasteiger partial charge >= 0.3 is 0 Å². The molecule has 1 unspecified atom stereocenters. The highest BCUT2D eigenvalue weighted by atomic mass is 16.2. The Balaban J connectivity index is 1.89. The van der Waals surface area contributed by atoms with Gasteiger partial charge in [0.05, 0.1) is 6.04 Å². The van der Waals surface area contributed by atoms with Crippen LogP contribution >= 0.6 is 0 Å². The highest BCUT2D eigenvalue weighted by Gasteiger charge is 2.22. The number of likely N-dealkylation sites (N-methyl/N-ethyl adjacent to an activating group) is 1. The predicted molar refractivity (Wildman–Crippen MR) is 86.2 cm³/mol. The summed E-state index contributed by atoms with van der Waals surface area (Å²) in [7, 11) is 1.97. The molecular weight excluding hydrogens is 260 g/mol. The molecule has 1 atom stereocenters. The Kier molecular flexibility index (Phi) is 4.20. The van der Waals surface area contributed by atoms with Crippen LogP contribution in [0, 0.1) is 0 Å². The van der Waals surface area contributed by atoms with E-state index in [9.17, 15) is 4.79 Å². The molecule has 21 heavy (non-hydrogen) atoms. The maximum absolute atomic E-state index is 12.0. The van der Waals surface area contributed by atoms with Gasteiger partial charge < -0.3 is 10.2 Å². The molecule has 3 nitrogen and oxygen atoms in total. The van der Waals surface area contributed by atoms with Gasteiger partial charge in [-0.1, -0.05) is 42.5 Å². The number of amides is 1. The van der Waals surface area contributed by atoms with E-state index in [1.54, 1.807) is 0 Å². The molecule has 2 aromatic rings. The molecule has 0 saturated carbocycles. The summed E-state index contributed by atoms with van der Waals surface area (Å²) in [5, 5.41) is 5.90. The fraction of sp³-hybridized carbons (Fsp3) is 0.389. The molecule has 0 aliphatic carbocycles. The van der Waals surface area contributed by atoms with Crippen LogP contribution < -0.4 is 5.32 Å². The molecule has 1 N–H and O–H groups in total. The third-order valence-electron chi connectivity index (χ3n) is 4.37. The molecule has 1 aliphatic heterocycles. The van der Waals surface area contributed by atoms with Crippen LogP contribution in [0.2, 0.25) is 0 Å². The van der Waals surface area contributed by atoms with Crippen LogP contribution in [-0.4, -0.2) is 30.9 Å². The van der Waals surface area contributed by atoms with Gasteiger partial charge in [-0.05, 0) is 36.2 Å². The maximum atomic E-state index is 12.0. The molecule has 0 bridgehead atoms. The highest BCUT2D eigenvalue weighted by molar-refractivity contribution is 5.86. The molecule has 0 aromatic heterocycles. The minimum atomic E-state index is 0.179. The minimum absolute atomic E-state index is 0.179. The van der Waals surface area contributed by atoms with E-state index in [0.29, 0.717) is 12.3 Å². The van der Waals surface area contributed by atoms with Crippen molar-refractivity contribution in [2.45, 2.75) is 25.3 Å². The lowest BCUT2D eigenvalue weighted by molar-refractivity contribution is -0.133. The number of nitrogens with one attached hydrogen (secondary N) is 1. The second-order valence-corrected chi connectivity index (χ2v) is 5.71. The molecule has 0 radical (unpaired) electrons. The van der Waals surface area contributed by atoms with Crippen molar-refractivity contribution in [2.24, 2.45) is 0 Å². The van der Waals surface area contributed by atoms with Crippen LogP contribution in [-0.2, 0) is 4.79 Å². The Morgan fingerprint density at radius 2 is 1.95 bits per heavy atom. The largest absolute Gasteiger partial charge is 0.341 e. The van der Waals surface area contributed by atoms with Crippen molar-refractivity contribution in [3.05, 3.63) is 48.0 Å². The molecule has 1 heterocycles. The summed E-state index contributed by atoms with van der Waals surface area (Å²) in [6, 6.07) is 15.0. The molecule has 3 heteroatoms. The Labute approximate surface area is 125 Å². The van der Waals surface area contributed by atoms with Gasteiger partial charge in [0.1, 0.15) is 0 Å². The minimum Gasteiger partial charge on any atom is -0.341 e. The standard InChI is InChI=1S/C18H22N2O/c1-19-17(13-20-12-5-4-11-18(20)21)16-10-6-8-14-7-2-3-9-15(14)16/h2-3,6-10,17,19H,4-5,11-13H2,1H3. The third-order valence-corrected chi connectivity index (χ3v) is 4.37. The van der Waals surface area contributed by atoms with Crippen LogP contribution in [0.5, 0.6) is 0 Å². The molecule has 1 saturated heterocycles. The molecule has 1 aliphatic rings. The number of likely N-dealkylation sites (tertiary alicyclic amines) is 1. The lowest BCUT2D eigenvalue weighted by atomic mass is 9.97. The Morgan fingerprint density at radius 3 is 2.76 bits per heavy atom. The smallest absolute Gasteiger partial charge is 0.222 e. The lowest BCUT2D eigenvalue weighted by Gasteiger charge is -2.31. The molecular formula is C18H22N2O. The van der Waals surface area contributed by atoms with Crippen LogP contribution in [0.4, 0.5) is 0 Å². The van der Waals surface area contributed by atoms with Crippen molar-refractivity contribution in [2.75, 3.05) is 20.1 Å². The van der Waals surface area contributed by atoms with Crippen molar-refractivity contribution in [1.82, 2.24) is 10.2 Å². The predicted octanol–water partition coefficient (Wildman–Crippen LogP) is 3.11. The number of hydrogen-bond acceptors (Lipinski definition) is 2. The molecule has 2 aromatic carbocycles. The molecule has 1 amide bonds. The first-order chi connectivity index (χ1) is 10.3. The average molecular weight is 282 g/mol. The Morgan fingerprint density at radius 1 is 1.14 bits per heavy atom. The molecule has 110 valence electrons. The van der Waals surface area contributed by atoms with Crippen LogP contribution in [0.15, 0.2) is 42.5 Å². The van der Waals surface area contributed by atoms with Crippen LogP contribution in [0.1, 0.15) is 30.9 Å². The van der Waals surface area contributed by atoms with Gasteiger partial charge in [-0.15, -0.1) is 0 Å². The normalized spacial score (nSPS) is 17.2. The van der Waals surface area contributed by atoms with Gasteiger partial charge in [-0.2, -0.15) is 0 Å². The molecule has 3 rings (SSSR count). The van der Waals surface area contributed by atoms with E-state index >= 15 is 0 Å². The number of carbonyl (C=O) groups excluding carboxylic acids is 1. The van der Waals surface area contributed by atoms with E-state index < -0.39 is 0 Å². The zero-order valence-corrected chi connectivity index (χ0v) is 12.5. The fourth-order valence-electron chi connectivity index (χ4n) is 3.17. The van der Waals surface area contributed by atoms with Crippen LogP contribution in [0.25, 0.3) is 10.8 Å². The van der Waals surface area contributed by atoms with Crippen molar-refractivity contribution in [3.63, 3.8) is 0 Å². The van der Waals surface area contributed by atoms with Crippen molar-refractivity contribution in [3.8, 4) is 0 Å². The Hall–Kier alpha value is -1.87. The number of rotatable bonds is 4. The summed E-state index contributed by atoms with van der Waals surface area (Å²) in [6.07, 6.45) is 2.86. The SMILES string of the molecule is CNC(CN1CCCCC1=O)c1cccc2ccccc12. The number of piperidine rings is 1. The monoisotopic (exact) mass is 282 g/mol. The lowest BCUT2D eigenvalue weighted by Crippen LogP contribution is -2.40. The van der Waals surface area contributed by atoms with E-state index in [1.807, 2.05) is 11.9 Å². The van der Waals surface area contributed by atoms with Crippen LogP contribution in [0.3, 0.4) is 0 Å². The van der Waals surface area contributed by atoms with E-state index in [0.717, 1.165) is 25.9 Å². The van der Waals surface area contributed by atoms with Crippen molar-refractivity contribution < 1.29 is 4.79 Å². The number of benzene rings is 2. The first-order valence-corrected chi connectivity index (χ1v) is 7.72. The number of carbonyl (C=O) groups is 1. The summed E-state index contributed by atoms with van der Waals surface area (Å²) in [5.74, 6) is 0.293. The summed E-state index contributed by atoms with van der Waals surface area (Å²) >= 11 is 0. The summed E-state index contributed by atoms with van der Waals surface area (Å²) in [6.45, 7) is 1.64. The fourth-order valence-corrected chi connectivity index (χ4v) is 3.17. The topological polar surface area (TPSA) is 32.3 Å². The average Bonchev–Trinajstić information content (AvgIpc) is 2.54. The zero-order valence-electron chi connectivity index (χ0n) is 12.5. The van der Waals surface area contributed by atoms with E-state index in [-0.39, 0.29) is 6.04 Å². The van der Waals surface area contributed by atoms with Crippen molar-refractivity contribution >= 4 is 16.7 Å². The van der Waals surface area contributed by atoms with Gasteiger partial charge in [0.15, 0.2) is 0 Å². The van der Waals surface area contributed by atoms with E-state index in [4.69, 9.17) is 0 Å². The number of nitrogens with zero attached hydrogens (tertiary/aromatic N) is 1. The van der Waals surface area contributed by atoms with Crippen molar-refractivity contribution in [1.29, 1.82) is 0 Å². The zero-order chi connectivity index (χ0) is 14.7. The quantitative estimate of drug-likeness (QED) is 0.934. The third kappa shape index (κ3) is 2.93. The number of hydrogen-bond donors (Lipinski definition) is 1. The van der Waals surface area contributed by atoms with E-state index in [2.05, 4.69) is 47.8 Å². The molecule has 1 fully saturated rings. The molecule has 0 spiro atoms.